The molecule has 3 amide bonds. The number of aromatic nitrogens is 1. The van der Waals surface area contributed by atoms with Gasteiger partial charge in [0.05, 0.1) is 0 Å². The van der Waals surface area contributed by atoms with Crippen molar-refractivity contribution in [3.05, 3.63) is 36.0 Å². The van der Waals surface area contributed by atoms with Crippen LogP contribution in [0.4, 0.5) is 0 Å². The number of carboxylic acids is 1. The zero-order chi connectivity index (χ0) is 23.1. The van der Waals surface area contributed by atoms with Crippen LogP contribution in [0.5, 0.6) is 0 Å². The van der Waals surface area contributed by atoms with Gasteiger partial charge in [-0.2, -0.15) is 0 Å². The number of para-hydroxylation sites is 1. The number of fused-ring (bicyclic) bond motifs is 1. The Hall–Kier alpha value is -3.40. The normalized spacial score (nSPS) is 19.3. The van der Waals surface area contributed by atoms with Gasteiger partial charge < -0.3 is 31.8 Å². The average Bonchev–Trinajstić information content (AvgIpc) is 3.17. The highest BCUT2D eigenvalue weighted by atomic mass is 16.4. The molecule has 1 aliphatic rings. The molecule has 10 heteroatoms. The molecule has 1 saturated heterocycles. The van der Waals surface area contributed by atoms with Gasteiger partial charge in [0.15, 0.2) is 0 Å². The largest absolute Gasteiger partial charge is 0.480 e. The molecule has 2 aromatic rings. The molecule has 1 aromatic carbocycles. The third-order valence-corrected chi connectivity index (χ3v) is 5.61. The van der Waals surface area contributed by atoms with Crippen LogP contribution in [0.3, 0.4) is 0 Å². The van der Waals surface area contributed by atoms with Crippen molar-refractivity contribution in [3.8, 4) is 0 Å². The molecule has 0 saturated carbocycles. The van der Waals surface area contributed by atoms with Gasteiger partial charge >= 0.3 is 5.97 Å². The summed E-state index contributed by atoms with van der Waals surface area (Å²) < 4.78 is 0. The predicted octanol–water partition coefficient (Wildman–Crippen LogP) is 0.172. The Morgan fingerprint density at radius 1 is 1.06 bits per heavy atom. The molecular weight excluding hydrogens is 414 g/mol. The number of carboxylic acid groups (broad SMARTS) is 1. The fraction of sp³-hybridized carbons (Fsp3) is 0.455. The van der Waals surface area contributed by atoms with Gasteiger partial charge in [0.25, 0.3) is 0 Å². The maximum atomic E-state index is 12.4. The molecule has 10 nitrogen and oxygen atoms in total. The molecular formula is C22H29N5O5. The maximum Gasteiger partial charge on any atom is 0.326 e. The fourth-order valence-corrected chi connectivity index (χ4v) is 3.84. The van der Waals surface area contributed by atoms with Crippen molar-refractivity contribution < 1.29 is 24.3 Å². The van der Waals surface area contributed by atoms with Gasteiger partial charge in [-0.05, 0) is 43.9 Å². The molecule has 7 N–H and O–H groups in total. The van der Waals surface area contributed by atoms with Gasteiger partial charge in [0, 0.05) is 29.9 Å². The lowest BCUT2D eigenvalue weighted by Gasteiger charge is -2.29. The second-order valence-corrected chi connectivity index (χ2v) is 7.97. The van der Waals surface area contributed by atoms with E-state index in [-0.39, 0.29) is 31.1 Å². The summed E-state index contributed by atoms with van der Waals surface area (Å²) in [5.74, 6) is -2.27. The summed E-state index contributed by atoms with van der Waals surface area (Å²) in [6.07, 6.45) is 3.86. The molecule has 0 spiro atoms. The van der Waals surface area contributed by atoms with Gasteiger partial charge in [-0.3, -0.25) is 14.4 Å². The fourth-order valence-electron chi connectivity index (χ4n) is 3.84. The van der Waals surface area contributed by atoms with Crippen molar-refractivity contribution in [3.63, 3.8) is 0 Å². The first kappa shape index (κ1) is 23.3. The number of carbonyl (C=O) groups excluding carboxylic acids is 3. The maximum absolute atomic E-state index is 12.4. The van der Waals surface area contributed by atoms with E-state index in [4.69, 9.17) is 5.73 Å². The van der Waals surface area contributed by atoms with E-state index in [1.807, 2.05) is 24.3 Å². The molecule has 32 heavy (non-hydrogen) atoms. The lowest BCUT2D eigenvalue weighted by molar-refractivity contribution is -0.142. The number of carbonyl (C=O) groups is 4. The highest BCUT2D eigenvalue weighted by molar-refractivity contribution is 5.97. The highest BCUT2D eigenvalue weighted by Gasteiger charge is 2.33. The Labute approximate surface area is 185 Å². The lowest BCUT2D eigenvalue weighted by atomic mass is 10.0. The van der Waals surface area contributed by atoms with Crippen LogP contribution in [0.15, 0.2) is 30.5 Å². The summed E-state index contributed by atoms with van der Waals surface area (Å²) >= 11 is 0. The van der Waals surface area contributed by atoms with Crippen LogP contribution in [-0.2, 0) is 25.6 Å². The average molecular weight is 444 g/mol. The number of piperazine rings is 1. The molecule has 172 valence electrons. The van der Waals surface area contributed by atoms with Gasteiger partial charge in [-0.15, -0.1) is 0 Å². The van der Waals surface area contributed by atoms with Crippen molar-refractivity contribution in [2.24, 2.45) is 5.73 Å². The number of nitrogens with one attached hydrogen (secondary N) is 4. The Morgan fingerprint density at radius 3 is 2.44 bits per heavy atom. The first-order valence-corrected chi connectivity index (χ1v) is 10.8. The van der Waals surface area contributed by atoms with Crippen LogP contribution in [0.2, 0.25) is 0 Å². The number of nitrogens with two attached hydrogens (primary N) is 1. The second kappa shape index (κ2) is 10.8. The number of hydrogen-bond donors (Lipinski definition) is 6. The van der Waals surface area contributed by atoms with E-state index in [0.29, 0.717) is 13.0 Å². The van der Waals surface area contributed by atoms with Crippen LogP contribution in [-0.4, -0.2) is 58.5 Å². The van der Waals surface area contributed by atoms with Crippen molar-refractivity contribution in [1.82, 2.24) is 20.9 Å². The summed E-state index contributed by atoms with van der Waals surface area (Å²) in [5, 5.41) is 18.3. The topological polar surface area (TPSA) is 166 Å². The second-order valence-electron chi connectivity index (χ2n) is 7.97. The Bertz CT molecular complexity index is 988. The van der Waals surface area contributed by atoms with Gasteiger partial charge in [-0.1, -0.05) is 18.2 Å². The summed E-state index contributed by atoms with van der Waals surface area (Å²) in [6, 6.07) is 4.99. The quantitative estimate of drug-likeness (QED) is 0.271. The lowest BCUT2D eigenvalue weighted by Crippen LogP contribution is -2.61. The number of aromatic amines is 1. The molecule has 0 unspecified atom stereocenters. The third kappa shape index (κ3) is 5.85. The van der Waals surface area contributed by atoms with E-state index in [2.05, 4.69) is 20.9 Å². The number of H-pyrrole nitrogens is 1. The van der Waals surface area contributed by atoms with Crippen molar-refractivity contribution in [2.75, 3.05) is 6.54 Å². The summed E-state index contributed by atoms with van der Waals surface area (Å²) in [7, 11) is 0. The van der Waals surface area contributed by atoms with E-state index in [1.54, 1.807) is 6.20 Å². The SMILES string of the molecule is NCCCC[C@@H]1NC(=O)[C@H](CCC(=O)N[C@@H](Cc2c[nH]c3ccccc23)C(=O)O)NC1=O. The highest BCUT2D eigenvalue weighted by Crippen LogP contribution is 2.19. The molecule has 0 aliphatic carbocycles. The van der Waals surface area contributed by atoms with Crippen LogP contribution >= 0.6 is 0 Å². The van der Waals surface area contributed by atoms with E-state index in [9.17, 15) is 24.3 Å². The molecule has 2 heterocycles. The molecule has 1 fully saturated rings. The zero-order valence-electron chi connectivity index (χ0n) is 17.7. The minimum Gasteiger partial charge on any atom is -0.480 e. The Balaban J connectivity index is 1.51. The number of aliphatic carboxylic acids is 1. The molecule has 1 aliphatic heterocycles. The molecule has 3 rings (SSSR count). The smallest absolute Gasteiger partial charge is 0.326 e. The summed E-state index contributed by atoms with van der Waals surface area (Å²) in [5.41, 5.74) is 7.12. The van der Waals surface area contributed by atoms with Gasteiger partial charge in [0.2, 0.25) is 17.7 Å². The van der Waals surface area contributed by atoms with E-state index in [0.717, 1.165) is 29.3 Å². The number of amides is 3. The van der Waals surface area contributed by atoms with Crippen LogP contribution in [0, 0.1) is 0 Å². The molecule has 0 radical (unpaired) electrons. The summed E-state index contributed by atoms with van der Waals surface area (Å²) in [6.45, 7) is 0.525. The predicted molar refractivity (Wildman–Crippen MR) is 118 cm³/mol. The van der Waals surface area contributed by atoms with Crippen molar-refractivity contribution >= 4 is 34.6 Å². The molecule has 3 atom stereocenters. The van der Waals surface area contributed by atoms with E-state index >= 15 is 0 Å². The standard InChI is InChI=1S/C22H29N5O5/c23-10-4-3-7-16-20(29)27-17(21(30)26-16)8-9-19(28)25-18(22(31)32)11-13-12-24-15-6-2-1-5-14(13)15/h1-2,5-6,12,16-18,24H,3-4,7-11,23H2,(H,25,28)(H,26,30)(H,27,29)(H,31,32)/t16-,17-,18-/m0/s1. The number of hydrogen-bond acceptors (Lipinski definition) is 5. The van der Waals surface area contributed by atoms with Gasteiger partial charge in [-0.25, -0.2) is 4.79 Å². The zero-order valence-corrected chi connectivity index (χ0v) is 17.7. The van der Waals surface area contributed by atoms with E-state index < -0.39 is 30.0 Å². The van der Waals surface area contributed by atoms with Crippen molar-refractivity contribution in [2.45, 2.75) is 56.7 Å². The van der Waals surface area contributed by atoms with E-state index in [1.165, 1.54) is 0 Å². The number of unbranched alkanes of at least 4 members (excludes halogenated alkanes) is 1. The minimum absolute atomic E-state index is 0.0817. The van der Waals surface area contributed by atoms with Gasteiger partial charge in [0.1, 0.15) is 18.1 Å². The van der Waals surface area contributed by atoms with Crippen molar-refractivity contribution in [1.29, 1.82) is 0 Å². The first-order valence-electron chi connectivity index (χ1n) is 10.8. The third-order valence-electron chi connectivity index (χ3n) is 5.61. The first-order chi connectivity index (χ1) is 15.4. The van der Waals surface area contributed by atoms with Crippen LogP contribution < -0.4 is 21.7 Å². The molecule has 1 aromatic heterocycles. The summed E-state index contributed by atoms with van der Waals surface area (Å²) in [4.78, 5) is 51.6. The minimum atomic E-state index is -1.15. The number of rotatable bonds is 11. The monoisotopic (exact) mass is 443 g/mol. The van der Waals surface area contributed by atoms with Crippen LogP contribution in [0.1, 0.15) is 37.7 Å². The Morgan fingerprint density at radius 2 is 1.75 bits per heavy atom. The van der Waals surface area contributed by atoms with Crippen LogP contribution in [0.25, 0.3) is 10.9 Å². The number of benzene rings is 1. The molecule has 0 bridgehead atoms. The Kier molecular flexibility index (Phi) is 7.82.